The summed E-state index contributed by atoms with van der Waals surface area (Å²) in [5.41, 5.74) is 1.76. The van der Waals surface area contributed by atoms with Crippen LogP contribution in [-0.4, -0.2) is 10.8 Å². The minimum Gasteiger partial charge on any atom is -0.360 e. The number of aromatic nitrogens is 1. The van der Waals surface area contributed by atoms with Gasteiger partial charge in [0.15, 0.2) is 5.78 Å². The normalized spacial score (nSPS) is 16.9. The smallest absolute Gasteiger partial charge is 0.165 e. The van der Waals surface area contributed by atoms with Gasteiger partial charge in [0.2, 0.25) is 0 Å². The summed E-state index contributed by atoms with van der Waals surface area (Å²) in [4.78, 5) is 15.6. The van der Waals surface area contributed by atoms with Gasteiger partial charge in [-0.1, -0.05) is 49.8 Å². The zero-order chi connectivity index (χ0) is 13.2. The van der Waals surface area contributed by atoms with Crippen LogP contribution in [0.3, 0.4) is 0 Å². The first kappa shape index (κ1) is 12.7. The van der Waals surface area contributed by atoms with Gasteiger partial charge < -0.3 is 4.98 Å². The molecule has 0 radical (unpaired) electrons. The summed E-state index contributed by atoms with van der Waals surface area (Å²) in [6, 6.07) is 5.64. The molecule has 0 bridgehead atoms. The Morgan fingerprint density at radius 2 is 2.05 bits per heavy atom. The molecule has 0 atom stereocenters. The van der Waals surface area contributed by atoms with E-state index in [1.54, 1.807) is 0 Å². The second kappa shape index (κ2) is 5.38. The summed E-state index contributed by atoms with van der Waals surface area (Å²) < 4.78 is 0. The average molecular weight is 276 g/mol. The van der Waals surface area contributed by atoms with Gasteiger partial charge in [0.25, 0.3) is 0 Å². The molecule has 1 aromatic carbocycles. The monoisotopic (exact) mass is 275 g/mol. The van der Waals surface area contributed by atoms with Gasteiger partial charge in [-0.25, -0.2) is 0 Å². The van der Waals surface area contributed by atoms with Crippen LogP contribution >= 0.6 is 11.6 Å². The zero-order valence-corrected chi connectivity index (χ0v) is 11.7. The topological polar surface area (TPSA) is 32.9 Å². The first-order chi connectivity index (χ1) is 9.24. The van der Waals surface area contributed by atoms with E-state index in [0.29, 0.717) is 17.4 Å². The Labute approximate surface area is 118 Å². The third kappa shape index (κ3) is 2.69. The number of fused-ring (bicyclic) bond motifs is 1. The van der Waals surface area contributed by atoms with E-state index in [1.807, 2.05) is 24.4 Å². The Morgan fingerprint density at radius 3 is 2.84 bits per heavy atom. The molecule has 3 heteroatoms. The number of rotatable bonds is 3. The van der Waals surface area contributed by atoms with Crippen molar-refractivity contribution in [3.63, 3.8) is 0 Å². The van der Waals surface area contributed by atoms with E-state index in [0.717, 1.165) is 16.5 Å². The number of ketones is 1. The van der Waals surface area contributed by atoms with Crippen LogP contribution in [0.5, 0.6) is 0 Å². The molecular weight excluding hydrogens is 258 g/mol. The number of halogens is 1. The Balaban J connectivity index is 1.81. The molecule has 1 N–H and O–H groups in total. The van der Waals surface area contributed by atoms with Crippen molar-refractivity contribution in [2.24, 2.45) is 5.92 Å². The molecule has 0 unspecified atom stereocenters. The van der Waals surface area contributed by atoms with Gasteiger partial charge in [-0.15, -0.1) is 0 Å². The van der Waals surface area contributed by atoms with Crippen LogP contribution in [0.2, 0.25) is 5.02 Å². The third-order valence-corrected chi connectivity index (χ3v) is 4.38. The van der Waals surface area contributed by atoms with Crippen molar-refractivity contribution in [3.05, 3.63) is 35.0 Å². The molecule has 1 heterocycles. The lowest BCUT2D eigenvalue weighted by atomic mass is 9.85. The molecule has 3 rings (SSSR count). The van der Waals surface area contributed by atoms with E-state index in [1.165, 1.54) is 32.1 Å². The number of H-pyrrole nitrogens is 1. The number of hydrogen-bond donors (Lipinski definition) is 1. The van der Waals surface area contributed by atoms with Gasteiger partial charge in [0.05, 0.1) is 0 Å². The molecule has 1 fully saturated rings. The third-order valence-electron chi connectivity index (χ3n) is 4.14. The van der Waals surface area contributed by atoms with Crippen molar-refractivity contribution in [1.82, 2.24) is 4.98 Å². The maximum absolute atomic E-state index is 12.4. The van der Waals surface area contributed by atoms with Gasteiger partial charge in [0, 0.05) is 34.1 Å². The van der Waals surface area contributed by atoms with Crippen LogP contribution in [-0.2, 0) is 0 Å². The van der Waals surface area contributed by atoms with E-state index in [9.17, 15) is 4.79 Å². The van der Waals surface area contributed by atoms with Crippen molar-refractivity contribution in [1.29, 1.82) is 0 Å². The fourth-order valence-corrected chi connectivity index (χ4v) is 3.26. The van der Waals surface area contributed by atoms with E-state index in [2.05, 4.69) is 4.98 Å². The van der Waals surface area contributed by atoms with E-state index in [-0.39, 0.29) is 5.78 Å². The number of benzene rings is 1. The predicted molar refractivity (Wildman–Crippen MR) is 78.8 cm³/mol. The molecule has 2 nitrogen and oxygen atoms in total. The van der Waals surface area contributed by atoms with Crippen molar-refractivity contribution in [2.45, 2.75) is 38.5 Å². The molecule has 1 aliphatic rings. The molecule has 0 amide bonds. The number of hydrogen-bond acceptors (Lipinski definition) is 1. The van der Waals surface area contributed by atoms with Gasteiger partial charge in [0.1, 0.15) is 0 Å². The van der Waals surface area contributed by atoms with Gasteiger partial charge >= 0.3 is 0 Å². The SMILES string of the molecule is O=C(CC1CCCCC1)c1c[nH]c2cc(Cl)ccc12. The lowest BCUT2D eigenvalue weighted by Crippen LogP contribution is -2.12. The number of carbonyl (C=O) groups excluding carboxylic acids is 1. The largest absolute Gasteiger partial charge is 0.360 e. The highest BCUT2D eigenvalue weighted by Gasteiger charge is 2.19. The molecule has 1 aromatic heterocycles. The van der Waals surface area contributed by atoms with Crippen molar-refractivity contribution in [3.8, 4) is 0 Å². The summed E-state index contributed by atoms with van der Waals surface area (Å²) in [6.45, 7) is 0. The average Bonchev–Trinajstić information content (AvgIpc) is 2.82. The lowest BCUT2D eigenvalue weighted by Gasteiger charge is -2.20. The summed E-state index contributed by atoms with van der Waals surface area (Å²) in [7, 11) is 0. The standard InChI is InChI=1S/C16H18ClNO/c17-12-6-7-13-14(10-18-15(13)9-12)16(19)8-11-4-2-1-3-5-11/h6-7,9-11,18H,1-5,8H2. The minimum atomic E-state index is 0.264. The molecule has 0 spiro atoms. The van der Waals surface area contributed by atoms with Gasteiger partial charge in [-0.05, 0) is 18.1 Å². The molecule has 2 aromatic rings. The highest BCUT2D eigenvalue weighted by atomic mass is 35.5. The van der Waals surface area contributed by atoms with Crippen LogP contribution in [0, 0.1) is 5.92 Å². The van der Waals surface area contributed by atoms with Crippen molar-refractivity contribution < 1.29 is 4.79 Å². The molecular formula is C16H18ClNO. The lowest BCUT2D eigenvalue weighted by molar-refractivity contribution is 0.0952. The Kier molecular flexibility index (Phi) is 3.61. The Bertz CT molecular complexity index is 596. The molecule has 19 heavy (non-hydrogen) atoms. The van der Waals surface area contributed by atoms with Crippen LogP contribution < -0.4 is 0 Å². The first-order valence-corrected chi connectivity index (χ1v) is 7.41. The second-order valence-corrected chi connectivity index (χ2v) is 5.96. The molecule has 1 saturated carbocycles. The van der Waals surface area contributed by atoms with Crippen LogP contribution in [0.4, 0.5) is 0 Å². The number of carbonyl (C=O) groups is 1. The molecule has 100 valence electrons. The highest BCUT2D eigenvalue weighted by Crippen LogP contribution is 2.29. The van der Waals surface area contributed by atoms with E-state index in [4.69, 9.17) is 11.6 Å². The fraction of sp³-hybridized carbons (Fsp3) is 0.438. The molecule has 0 saturated heterocycles. The Morgan fingerprint density at radius 1 is 1.26 bits per heavy atom. The van der Waals surface area contributed by atoms with Crippen molar-refractivity contribution in [2.75, 3.05) is 0 Å². The fourth-order valence-electron chi connectivity index (χ4n) is 3.09. The van der Waals surface area contributed by atoms with E-state index < -0.39 is 0 Å². The summed E-state index contributed by atoms with van der Waals surface area (Å²) in [6.07, 6.45) is 8.82. The summed E-state index contributed by atoms with van der Waals surface area (Å²) >= 11 is 5.96. The van der Waals surface area contributed by atoms with Crippen LogP contribution in [0.1, 0.15) is 48.9 Å². The number of Topliss-reactive ketones (excluding diaryl/α,β-unsaturated/α-hetero) is 1. The minimum absolute atomic E-state index is 0.264. The summed E-state index contributed by atoms with van der Waals surface area (Å²) in [5.74, 6) is 0.846. The Hall–Kier alpha value is -1.28. The maximum Gasteiger partial charge on any atom is 0.165 e. The molecule has 1 aliphatic carbocycles. The van der Waals surface area contributed by atoms with E-state index >= 15 is 0 Å². The predicted octanol–water partition coefficient (Wildman–Crippen LogP) is 4.97. The van der Waals surface area contributed by atoms with Gasteiger partial charge in [-0.3, -0.25) is 4.79 Å². The quantitative estimate of drug-likeness (QED) is 0.788. The maximum atomic E-state index is 12.4. The number of nitrogens with one attached hydrogen (secondary N) is 1. The molecule has 0 aliphatic heterocycles. The van der Waals surface area contributed by atoms with Crippen LogP contribution in [0.25, 0.3) is 10.9 Å². The number of aromatic amines is 1. The zero-order valence-electron chi connectivity index (χ0n) is 10.9. The summed E-state index contributed by atoms with van der Waals surface area (Å²) in [5, 5.41) is 1.69. The first-order valence-electron chi connectivity index (χ1n) is 7.04. The second-order valence-electron chi connectivity index (χ2n) is 5.52. The highest BCUT2D eigenvalue weighted by molar-refractivity contribution is 6.31. The van der Waals surface area contributed by atoms with Crippen molar-refractivity contribution >= 4 is 28.3 Å². The van der Waals surface area contributed by atoms with Gasteiger partial charge in [-0.2, -0.15) is 0 Å². The van der Waals surface area contributed by atoms with Crippen LogP contribution in [0.15, 0.2) is 24.4 Å².